The molecule has 3 aromatic heterocycles. The van der Waals surface area contributed by atoms with Crippen molar-refractivity contribution in [3.8, 4) is 0 Å². The minimum absolute atomic E-state index is 0.198. The molecule has 0 fully saturated rings. The first kappa shape index (κ1) is 61.4. The number of thioether (sulfide) groups is 3. The van der Waals surface area contributed by atoms with Gasteiger partial charge in [-0.25, -0.2) is 23.7 Å². The minimum Gasteiger partial charge on any atom is -0.348 e. The molecule has 0 atom stereocenters. The molecule has 408 valence electrons. The van der Waals surface area contributed by atoms with Gasteiger partial charge in [-0.3, -0.25) is 14.4 Å². The third-order valence-electron chi connectivity index (χ3n) is 11.2. The molecule has 3 amide bonds. The lowest BCUT2D eigenvalue weighted by molar-refractivity contribution is 0.0939. The molecule has 3 heterocycles. The van der Waals surface area contributed by atoms with Crippen molar-refractivity contribution in [3.63, 3.8) is 0 Å². The van der Waals surface area contributed by atoms with Crippen molar-refractivity contribution >= 4 is 123 Å². The van der Waals surface area contributed by atoms with Crippen LogP contribution in [0.5, 0.6) is 0 Å². The van der Waals surface area contributed by atoms with Crippen molar-refractivity contribution in [2.45, 2.75) is 52.0 Å². The number of carbonyl (C=O) groups excluding carboxylic acids is 3. The maximum Gasteiger partial charge on any atom is 0.254 e. The highest BCUT2D eigenvalue weighted by Crippen LogP contribution is 2.30. The monoisotopic (exact) mass is 1240 g/mol. The van der Waals surface area contributed by atoms with Crippen molar-refractivity contribution < 1.29 is 23.2 Å². The number of carbonyl (C=O) groups is 3. The van der Waals surface area contributed by atoms with E-state index in [-0.39, 0.29) is 29.4 Å². The highest BCUT2D eigenvalue weighted by atomic mass is 35.5. The molecule has 0 saturated carbocycles. The third-order valence-corrected chi connectivity index (χ3v) is 16.6. The number of benzene rings is 6. The van der Waals surface area contributed by atoms with Crippen molar-refractivity contribution in [2.24, 2.45) is 0 Å². The molecule has 0 aliphatic heterocycles. The molecular weight excluding hydrogens is 1200 g/mol. The SMILES string of the molecule is O=C(NCc1ccc(Cl)c(Cl)c1)c1cccnc1SCc1cccc(F)c1.O=C(NCc1ccc(Cl)c(Cl)c1)c1cccnc1SCc1ccccc1Cl.O=C(NCc1ccccc1Cl)c1cccnc1SCc1cccc(F)c1. The van der Waals surface area contributed by atoms with Crippen molar-refractivity contribution in [1.82, 2.24) is 30.9 Å². The first-order chi connectivity index (χ1) is 38.7. The van der Waals surface area contributed by atoms with E-state index in [1.54, 1.807) is 104 Å². The smallest absolute Gasteiger partial charge is 0.254 e. The molecule has 3 N–H and O–H groups in total. The number of nitrogens with one attached hydrogen (secondary N) is 3. The van der Waals surface area contributed by atoms with Crippen LogP contribution < -0.4 is 16.0 Å². The molecule has 0 unspecified atom stereocenters. The van der Waals surface area contributed by atoms with Crippen LogP contribution in [-0.4, -0.2) is 32.7 Å². The van der Waals surface area contributed by atoms with E-state index in [4.69, 9.17) is 69.6 Å². The summed E-state index contributed by atoms with van der Waals surface area (Å²) in [5.74, 6) is 0.451. The van der Waals surface area contributed by atoms with E-state index < -0.39 is 0 Å². The molecule has 0 radical (unpaired) electrons. The van der Waals surface area contributed by atoms with E-state index >= 15 is 0 Å². The van der Waals surface area contributed by atoms with E-state index in [0.717, 1.165) is 33.4 Å². The maximum atomic E-state index is 13.3. The number of hydrogen-bond donors (Lipinski definition) is 3. The Hall–Kier alpha value is -6.17. The Bertz CT molecular complexity index is 3590. The Morgan fingerprint density at radius 3 is 1.15 bits per heavy atom. The van der Waals surface area contributed by atoms with Crippen LogP contribution in [0.4, 0.5) is 8.78 Å². The van der Waals surface area contributed by atoms with Crippen molar-refractivity contribution in [1.29, 1.82) is 0 Å². The Morgan fingerprint density at radius 2 is 0.750 bits per heavy atom. The number of halogens is 8. The second-order valence-electron chi connectivity index (χ2n) is 16.9. The molecule has 20 heteroatoms. The van der Waals surface area contributed by atoms with Gasteiger partial charge >= 0.3 is 0 Å². The zero-order valence-electron chi connectivity index (χ0n) is 42.0. The predicted molar refractivity (Wildman–Crippen MR) is 324 cm³/mol. The number of hydrogen-bond acceptors (Lipinski definition) is 9. The van der Waals surface area contributed by atoms with Gasteiger partial charge in [0, 0.05) is 65.5 Å². The zero-order valence-corrected chi connectivity index (χ0v) is 48.9. The van der Waals surface area contributed by atoms with Crippen molar-refractivity contribution in [3.05, 3.63) is 280 Å². The van der Waals surface area contributed by atoms with Crippen LogP contribution in [0.1, 0.15) is 64.5 Å². The van der Waals surface area contributed by atoms with Crippen LogP contribution in [0.25, 0.3) is 0 Å². The first-order valence-corrected chi connectivity index (χ1v) is 29.3. The molecule has 0 aliphatic carbocycles. The molecule has 9 rings (SSSR count). The summed E-state index contributed by atoms with van der Waals surface area (Å²) in [5, 5.41) is 13.6. The van der Waals surface area contributed by atoms with Gasteiger partial charge in [0.25, 0.3) is 17.7 Å². The first-order valence-electron chi connectivity index (χ1n) is 24.1. The zero-order chi connectivity index (χ0) is 56.8. The lowest BCUT2D eigenvalue weighted by atomic mass is 10.2. The summed E-state index contributed by atoms with van der Waals surface area (Å²) in [6, 6.07) is 48.6. The number of nitrogens with zero attached hydrogens (tertiary/aromatic N) is 3. The molecule has 80 heavy (non-hydrogen) atoms. The number of amides is 3. The van der Waals surface area contributed by atoms with Crippen LogP contribution in [0, 0.1) is 11.6 Å². The summed E-state index contributed by atoms with van der Waals surface area (Å²) in [4.78, 5) is 50.7. The quantitative estimate of drug-likeness (QED) is 0.0720. The average molecular weight is 1250 g/mol. The maximum absolute atomic E-state index is 13.3. The Kier molecular flexibility index (Phi) is 24.4. The molecule has 9 aromatic rings. The largest absolute Gasteiger partial charge is 0.348 e. The van der Waals surface area contributed by atoms with Gasteiger partial charge in [-0.05, 0) is 130 Å². The highest BCUT2D eigenvalue weighted by molar-refractivity contribution is 7.99. The number of rotatable bonds is 18. The van der Waals surface area contributed by atoms with E-state index in [2.05, 4.69) is 30.9 Å². The molecule has 9 nitrogen and oxygen atoms in total. The fraction of sp³-hybridized carbons (Fsp3) is 0.100. The lowest BCUT2D eigenvalue weighted by Crippen LogP contribution is -2.23. The molecule has 0 saturated heterocycles. The minimum atomic E-state index is -0.284. The summed E-state index contributed by atoms with van der Waals surface area (Å²) in [7, 11) is 0. The van der Waals surface area contributed by atoms with Crippen LogP contribution >= 0.6 is 105 Å². The third kappa shape index (κ3) is 19.2. The van der Waals surface area contributed by atoms with Gasteiger partial charge in [0.15, 0.2) is 0 Å². The van der Waals surface area contributed by atoms with E-state index in [0.29, 0.717) is 98.8 Å². The van der Waals surface area contributed by atoms with Gasteiger partial charge in [-0.15, -0.1) is 35.3 Å². The Labute approximate surface area is 504 Å². The van der Waals surface area contributed by atoms with Gasteiger partial charge in [-0.2, -0.15) is 0 Å². The van der Waals surface area contributed by atoms with Gasteiger partial charge < -0.3 is 16.0 Å². The topological polar surface area (TPSA) is 126 Å². The summed E-state index contributed by atoms with van der Waals surface area (Å²) in [6.07, 6.45) is 4.94. The molecular formula is C60H46Cl6F2N6O3S3. The van der Waals surface area contributed by atoms with Gasteiger partial charge in [0.05, 0.1) is 36.8 Å². The number of aromatic nitrogens is 3. The van der Waals surface area contributed by atoms with Crippen LogP contribution in [0.15, 0.2) is 204 Å². The lowest BCUT2D eigenvalue weighted by Gasteiger charge is -2.10. The fourth-order valence-corrected chi connectivity index (χ4v) is 11.1. The Balaban J connectivity index is 0.000000173. The average Bonchev–Trinajstić information content (AvgIpc) is 3.47. The van der Waals surface area contributed by atoms with Crippen LogP contribution in [0.2, 0.25) is 30.1 Å². The second-order valence-corrected chi connectivity index (χ2v) is 22.3. The predicted octanol–water partition coefficient (Wildman–Crippen LogP) is 17.1. The van der Waals surface area contributed by atoms with Crippen molar-refractivity contribution in [2.75, 3.05) is 0 Å². The summed E-state index contributed by atoms with van der Waals surface area (Å²) >= 11 is 40.4. The summed E-state index contributed by atoms with van der Waals surface area (Å²) < 4.78 is 26.6. The molecule has 0 aliphatic rings. The highest BCUT2D eigenvalue weighted by Gasteiger charge is 2.17. The van der Waals surface area contributed by atoms with Gasteiger partial charge in [0.1, 0.15) is 26.7 Å². The van der Waals surface area contributed by atoms with Crippen LogP contribution in [0.3, 0.4) is 0 Å². The normalized spacial score (nSPS) is 10.6. The molecule has 0 bridgehead atoms. The number of pyridine rings is 3. The van der Waals surface area contributed by atoms with E-state index in [9.17, 15) is 23.2 Å². The Morgan fingerprint density at radius 1 is 0.362 bits per heavy atom. The van der Waals surface area contributed by atoms with Crippen LogP contribution in [-0.2, 0) is 36.9 Å². The molecule has 6 aromatic carbocycles. The van der Waals surface area contributed by atoms with E-state index in [1.165, 1.54) is 59.6 Å². The molecule has 0 spiro atoms. The standard InChI is InChI=1S/C20H15Cl3N2OS.C20H15Cl2FN2OS.C20H16ClFN2OS/c21-16-6-2-1-4-14(16)12-27-20-15(5-3-9-24-20)19(26)25-11-13-7-8-17(22)18(23)10-13;21-17-7-6-13(10-18(17)22)11-25-19(26)16-5-2-8-24-20(16)27-12-14-3-1-4-15(23)9-14;21-18-9-2-1-6-15(18)12-24-19(25)17-8-4-10-23-20(17)26-13-14-5-3-7-16(22)11-14/h2*1-10H,11-12H2,(H,25,26);1-11H,12-13H2,(H,24,25). The summed E-state index contributed by atoms with van der Waals surface area (Å²) in [5.41, 5.74) is 6.70. The van der Waals surface area contributed by atoms with Gasteiger partial charge in [0.2, 0.25) is 0 Å². The van der Waals surface area contributed by atoms with E-state index in [1.807, 2.05) is 60.7 Å². The summed E-state index contributed by atoms with van der Waals surface area (Å²) in [6.45, 7) is 0.999. The van der Waals surface area contributed by atoms with Gasteiger partial charge in [-0.1, -0.05) is 142 Å². The second kappa shape index (κ2) is 31.7. The fourth-order valence-electron chi connectivity index (χ4n) is 7.12.